The van der Waals surface area contributed by atoms with Crippen molar-refractivity contribution in [3.05, 3.63) is 73.2 Å². The van der Waals surface area contributed by atoms with Crippen LogP contribution in [-0.2, 0) is 0 Å². The number of hydrogen-bond acceptors (Lipinski definition) is 3. The van der Waals surface area contributed by atoms with E-state index in [1.165, 1.54) is 0 Å². The zero-order valence-corrected chi connectivity index (χ0v) is 11.7. The van der Waals surface area contributed by atoms with Crippen LogP contribution in [0.2, 0.25) is 0 Å². The zero-order valence-electron chi connectivity index (χ0n) is 11.7. The third-order valence-corrected chi connectivity index (χ3v) is 3.61. The average Bonchev–Trinajstić information content (AvgIpc) is 2.99. The molecule has 0 saturated heterocycles. The van der Waals surface area contributed by atoms with Gasteiger partial charge in [-0.05, 0) is 30.3 Å². The van der Waals surface area contributed by atoms with E-state index in [4.69, 9.17) is 0 Å². The first kappa shape index (κ1) is 12.6. The quantitative estimate of drug-likeness (QED) is 0.610. The van der Waals surface area contributed by atoms with Crippen molar-refractivity contribution in [2.75, 3.05) is 0 Å². The number of hydrogen-bond donors (Lipinski definition) is 1. The molecule has 0 saturated carbocycles. The number of nitrogens with zero attached hydrogens (tertiary/aromatic N) is 3. The minimum Gasteiger partial charge on any atom is -0.508 e. The summed E-state index contributed by atoms with van der Waals surface area (Å²) >= 11 is 0. The first-order valence-corrected chi connectivity index (χ1v) is 6.99. The predicted molar refractivity (Wildman–Crippen MR) is 86.0 cm³/mol. The van der Waals surface area contributed by atoms with Crippen LogP contribution in [0.3, 0.4) is 0 Å². The number of pyridine rings is 1. The zero-order chi connectivity index (χ0) is 14.9. The van der Waals surface area contributed by atoms with Gasteiger partial charge in [0.25, 0.3) is 0 Å². The van der Waals surface area contributed by atoms with Crippen LogP contribution >= 0.6 is 0 Å². The highest BCUT2D eigenvalue weighted by atomic mass is 16.3. The number of benzene rings is 2. The lowest BCUT2D eigenvalue weighted by molar-refractivity contribution is 0.475. The van der Waals surface area contributed by atoms with E-state index in [9.17, 15) is 5.11 Å². The van der Waals surface area contributed by atoms with Gasteiger partial charge >= 0.3 is 0 Å². The SMILES string of the molecule is Oc1cccc(-c2cc3c(cn2)ncn3-c2ccccc2)c1. The van der Waals surface area contributed by atoms with Crippen LogP contribution in [0.4, 0.5) is 0 Å². The second-order valence-electron chi connectivity index (χ2n) is 5.06. The molecule has 2 aromatic heterocycles. The van der Waals surface area contributed by atoms with Crippen LogP contribution in [-0.4, -0.2) is 19.6 Å². The van der Waals surface area contributed by atoms with Crippen molar-refractivity contribution < 1.29 is 5.11 Å². The smallest absolute Gasteiger partial charge is 0.116 e. The minimum absolute atomic E-state index is 0.232. The number of phenolic OH excluding ortho intramolecular Hbond substituents is 1. The topological polar surface area (TPSA) is 50.9 Å². The van der Waals surface area contributed by atoms with Gasteiger partial charge in [-0.2, -0.15) is 0 Å². The molecule has 0 unspecified atom stereocenters. The van der Waals surface area contributed by atoms with Crippen molar-refractivity contribution in [3.63, 3.8) is 0 Å². The number of rotatable bonds is 2. The summed E-state index contributed by atoms with van der Waals surface area (Å²) in [6.07, 6.45) is 3.56. The van der Waals surface area contributed by atoms with Crippen LogP contribution in [0.1, 0.15) is 0 Å². The van der Waals surface area contributed by atoms with E-state index >= 15 is 0 Å². The summed E-state index contributed by atoms with van der Waals surface area (Å²) in [4.78, 5) is 8.84. The standard InChI is InChI=1S/C18H13N3O/c22-15-8-4-5-13(9-15)16-10-18-17(11-19-16)20-12-21(18)14-6-2-1-3-7-14/h1-12,22H. The third-order valence-electron chi connectivity index (χ3n) is 3.61. The fourth-order valence-corrected chi connectivity index (χ4v) is 2.53. The van der Waals surface area contributed by atoms with Crippen molar-refractivity contribution >= 4 is 11.0 Å². The fourth-order valence-electron chi connectivity index (χ4n) is 2.53. The van der Waals surface area contributed by atoms with E-state index in [1.54, 1.807) is 24.7 Å². The summed E-state index contributed by atoms with van der Waals surface area (Å²) in [6, 6.07) is 19.1. The van der Waals surface area contributed by atoms with Gasteiger partial charge in [0, 0.05) is 11.3 Å². The monoisotopic (exact) mass is 287 g/mol. The van der Waals surface area contributed by atoms with E-state index in [-0.39, 0.29) is 5.75 Å². The molecule has 0 fully saturated rings. The molecule has 0 spiro atoms. The van der Waals surface area contributed by atoms with E-state index < -0.39 is 0 Å². The molecule has 4 nitrogen and oxygen atoms in total. The summed E-state index contributed by atoms with van der Waals surface area (Å²) in [7, 11) is 0. The summed E-state index contributed by atoms with van der Waals surface area (Å²) < 4.78 is 2.03. The highest BCUT2D eigenvalue weighted by molar-refractivity contribution is 5.81. The predicted octanol–water partition coefficient (Wildman–Crippen LogP) is 3.79. The van der Waals surface area contributed by atoms with Gasteiger partial charge in [-0.25, -0.2) is 4.98 Å². The average molecular weight is 287 g/mol. The van der Waals surface area contributed by atoms with Gasteiger partial charge in [0.1, 0.15) is 17.6 Å². The number of para-hydroxylation sites is 1. The van der Waals surface area contributed by atoms with Crippen LogP contribution in [0.5, 0.6) is 5.75 Å². The van der Waals surface area contributed by atoms with Crippen molar-refractivity contribution in [1.82, 2.24) is 14.5 Å². The molecule has 4 aromatic rings. The molecule has 1 N–H and O–H groups in total. The van der Waals surface area contributed by atoms with Crippen molar-refractivity contribution in [2.45, 2.75) is 0 Å². The number of aromatic nitrogens is 3. The normalized spacial score (nSPS) is 10.9. The van der Waals surface area contributed by atoms with Crippen LogP contribution in [0, 0.1) is 0 Å². The Morgan fingerprint density at radius 2 is 1.73 bits per heavy atom. The molecule has 2 heterocycles. The molecule has 2 aromatic carbocycles. The summed E-state index contributed by atoms with van der Waals surface area (Å²) in [5.41, 5.74) is 4.56. The molecule has 4 heteroatoms. The minimum atomic E-state index is 0.232. The Balaban J connectivity index is 1.90. The van der Waals surface area contributed by atoms with Crippen molar-refractivity contribution in [1.29, 1.82) is 0 Å². The molecule has 0 atom stereocenters. The molecule has 0 bridgehead atoms. The first-order valence-electron chi connectivity index (χ1n) is 6.99. The maximum atomic E-state index is 9.63. The van der Waals surface area contributed by atoms with E-state index in [0.717, 1.165) is 28.0 Å². The van der Waals surface area contributed by atoms with E-state index in [0.29, 0.717) is 0 Å². The molecule has 0 amide bonds. The van der Waals surface area contributed by atoms with Gasteiger partial charge in [-0.1, -0.05) is 30.3 Å². The Kier molecular flexibility index (Phi) is 2.86. The number of imidazole rings is 1. The Morgan fingerprint density at radius 3 is 2.55 bits per heavy atom. The highest BCUT2D eigenvalue weighted by Crippen LogP contribution is 2.25. The van der Waals surface area contributed by atoms with E-state index in [1.807, 2.05) is 53.1 Å². The fraction of sp³-hybridized carbons (Fsp3) is 0. The second-order valence-corrected chi connectivity index (χ2v) is 5.06. The Hall–Kier alpha value is -3.14. The number of fused-ring (bicyclic) bond motifs is 1. The molecule has 4 rings (SSSR count). The summed E-state index contributed by atoms with van der Waals surface area (Å²) in [5, 5.41) is 9.63. The lowest BCUT2D eigenvalue weighted by atomic mass is 10.1. The first-order chi connectivity index (χ1) is 10.8. The largest absolute Gasteiger partial charge is 0.508 e. The molecule has 0 radical (unpaired) electrons. The maximum absolute atomic E-state index is 9.63. The lowest BCUT2D eigenvalue weighted by Crippen LogP contribution is -1.92. The van der Waals surface area contributed by atoms with Gasteiger partial charge < -0.3 is 5.11 Å². The van der Waals surface area contributed by atoms with Crippen molar-refractivity contribution in [3.8, 4) is 22.7 Å². The molecule has 0 aliphatic rings. The van der Waals surface area contributed by atoms with E-state index in [2.05, 4.69) is 9.97 Å². The molecule has 22 heavy (non-hydrogen) atoms. The van der Waals surface area contributed by atoms with Crippen molar-refractivity contribution in [2.24, 2.45) is 0 Å². The molecule has 0 aliphatic carbocycles. The van der Waals surface area contributed by atoms with Crippen LogP contribution < -0.4 is 0 Å². The Bertz CT molecular complexity index is 945. The Labute approximate surface area is 127 Å². The highest BCUT2D eigenvalue weighted by Gasteiger charge is 2.08. The maximum Gasteiger partial charge on any atom is 0.116 e. The molecule has 0 aliphatic heterocycles. The van der Waals surface area contributed by atoms with Gasteiger partial charge in [-0.15, -0.1) is 0 Å². The second kappa shape index (κ2) is 5.00. The summed E-state index contributed by atoms with van der Waals surface area (Å²) in [5.74, 6) is 0.232. The number of phenols is 1. The third kappa shape index (κ3) is 2.11. The van der Waals surface area contributed by atoms with Crippen LogP contribution in [0.25, 0.3) is 28.0 Å². The molecule has 106 valence electrons. The number of aromatic hydroxyl groups is 1. The summed E-state index contributed by atoms with van der Waals surface area (Å²) in [6.45, 7) is 0. The van der Waals surface area contributed by atoms with Gasteiger partial charge in [-0.3, -0.25) is 9.55 Å². The van der Waals surface area contributed by atoms with Gasteiger partial charge in [0.15, 0.2) is 0 Å². The molecular weight excluding hydrogens is 274 g/mol. The van der Waals surface area contributed by atoms with Gasteiger partial charge in [0.2, 0.25) is 0 Å². The molecular formula is C18H13N3O. The Morgan fingerprint density at radius 1 is 0.864 bits per heavy atom. The lowest BCUT2D eigenvalue weighted by Gasteiger charge is -2.06. The van der Waals surface area contributed by atoms with Gasteiger partial charge in [0.05, 0.1) is 17.4 Å². The van der Waals surface area contributed by atoms with Crippen LogP contribution in [0.15, 0.2) is 73.2 Å².